The van der Waals surface area contributed by atoms with Crippen LogP contribution >= 0.6 is 0 Å². The number of aromatic amines is 1. The molecule has 0 aliphatic heterocycles. The van der Waals surface area contributed by atoms with Crippen LogP contribution in [0, 0.1) is 0 Å². The molecule has 0 atom stereocenters. The minimum Gasteiger partial charge on any atom is -1.00 e. The maximum atomic E-state index is 3.67. The molecule has 0 aliphatic rings. The standard InChI is InChI=1S/C3H4N2.BrH.Na/c1-2-5-3-4-1;;/h1-3H,(H,4,5);1H;/q;;+1/p-1. The van der Waals surface area contributed by atoms with Gasteiger partial charge in [-0.2, -0.15) is 0 Å². The van der Waals surface area contributed by atoms with Crippen molar-refractivity contribution >= 4 is 0 Å². The Bertz CT molecular complexity index is 69.4. The number of rotatable bonds is 0. The van der Waals surface area contributed by atoms with Crippen molar-refractivity contribution < 1.29 is 46.5 Å². The second-order valence-electron chi connectivity index (χ2n) is 0.761. The van der Waals surface area contributed by atoms with E-state index in [9.17, 15) is 0 Å². The van der Waals surface area contributed by atoms with E-state index in [1.54, 1.807) is 18.7 Å². The van der Waals surface area contributed by atoms with Gasteiger partial charge in [0.1, 0.15) is 0 Å². The maximum absolute atomic E-state index is 3.67. The van der Waals surface area contributed by atoms with E-state index in [2.05, 4.69) is 9.97 Å². The summed E-state index contributed by atoms with van der Waals surface area (Å²) in [7, 11) is 0. The van der Waals surface area contributed by atoms with Gasteiger partial charge in [0.15, 0.2) is 0 Å². The van der Waals surface area contributed by atoms with Gasteiger partial charge in [0.2, 0.25) is 0 Å². The molecule has 0 aromatic carbocycles. The monoisotopic (exact) mass is 170 g/mol. The molecule has 0 aliphatic carbocycles. The smallest absolute Gasteiger partial charge is 1.00 e. The molecular weight excluding hydrogens is 167 g/mol. The Balaban J connectivity index is 0. The van der Waals surface area contributed by atoms with Crippen molar-refractivity contribution in [2.24, 2.45) is 0 Å². The number of hydrogen-bond acceptors (Lipinski definition) is 1. The van der Waals surface area contributed by atoms with Gasteiger partial charge in [-0.05, 0) is 0 Å². The SMILES string of the molecule is [Br-].[Na+].c1c[nH]cn1. The first-order chi connectivity index (χ1) is 2.50. The molecule has 0 fully saturated rings. The van der Waals surface area contributed by atoms with Crippen LogP contribution in [-0.4, -0.2) is 9.97 Å². The third-order valence-electron chi connectivity index (χ3n) is 0.406. The molecule has 0 bridgehead atoms. The maximum Gasteiger partial charge on any atom is 1.00 e. The fourth-order valence-electron chi connectivity index (χ4n) is 0.215. The summed E-state index contributed by atoms with van der Waals surface area (Å²) in [5.41, 5.74) is 0. The van der Waals surface area contributed by atoms with E-state index in [0.29, 0.717) is 0 Å². The molecule has 0 saturated carbocycles. The zero-order valence-electron chi connectivity index (χ0n) is 4.06. The van der Waals surface area contributed by atoms with E-state index in [1.807, 2.05) is 0 Å². The number of halogens is 1. The summed E-state index contributed by atoms with van der Waals surface area (Å²) in [6.45, 7) is 0. The van der Waals surface area contributed by atoms with Crippen LogP contribution in [0.5, 0.6) is 0 Å². The number of aromatic nitrogens is 2. The van der Waals surface area contributed by atoms with Crippen LogP contribution in [-0.2, 0) is 0 Å². The molecule has 1 aromatic rings. The molecular formula is C3H4BrN2Na. The van der Waals surface area contributed by atoms with Crippen LogP contribution < -0.4 is 46.5 Å². The second-order valence-corrected chi connectivity index (χ2v) is 0.761. The molecule has 4 heteroatoms. The van der Waals surface area contributed by atoms with Crippen molar-refractivity contribution in [3.63, 3.8) is 0 Å². The number of imidazole rings is 1. The zero-order valence-corrected chi connectivity index (χ0v) is 7.64. The predicted molar refractivity (Wildman–Crippen MR) is 18.6 cm³/mol. The van der Waals surface area contributed by atoms with Crippen molar-refractivity contribution in [2.75, 3.05) is 0 Å². The van der Waals surface area contributed by atoms with Gasteiger partial charge >= 0.3 is 29.6 Å². The Morgan fingerprint density at radius 3 is 2.29 bits per heavy atom. The Morgan fingerprint density at radius 2 is 2.14 bits per heavy atom. The first-order valence-electron chi connectivity index (χ1n) is 1.43. The summed E-state index contributed by atoms with van der Waals surface area (Å²) in [4.78, 5) is 6.42. The fraction of sp³-hybridized carbons (Fsp3) is 0. The Hall–Kier alpha value is 0.690. The van der Waals surface area contributed by atoms with Crippen LogP contribution in [0.4, 0.5) is 0 Å². The van der Waals surface area contributed by atoms with Crippen molar-refractivity contribution in [1.82, 2.24) is 9.97 Å². The summed E-state index contributed by atoms with van der Waals surface area (Å²) in [5.74, 6) is 0. The molecule has 0 saturated heterocycles. The molecule has 7 heavy (non-hydrogen) atoms. The van der Waals surface area contributed by atoms with E-state index in [1.165, 1.54) is 0 Å². The summed E-state index contributed by atoms with van der Waals surface area (Å²) in [6.07, 6.45) is 5.08. The third-order valence-corrected chi connectivity index (χ3v) is 0.406. The van der Waals surface area contributed by atoms with Gasteiger partial charge in [-0.25, -0.2) is 4.98 Å². The van der Waals surface area contributed by atoms with Gasteiger partial charge in [0.25, 0.3) is 0 Å². The molecule has 0 unspecified atom stereocenters. The van der Waals surface area contributed by atoms with E-state index in [0.717, 1.165) is 0 Å². The fourth-order valence-corrected chi connectivity index (χ4v) is 0.215. The molecule has 1 rings (SSSR count). The van der Waals surface area contributed by atoms with E-state index in [4.69, 9.17) is 0 Å². The van der Waals surface area contributed by atoms with E-state index >= 15 is 0 Å². The molecule has 34 valence electrons. The minimum absolute atomic E-state index is 0. The van der Waals surface area contributed by atoms with Crippen LogP contribution in [0.2, 0.25) is 0 Å². The largest absolute Gasteiger partial charge is 1.00 e. The number of H-pyrrole nitrogens is 1. The molecule has 1 aromatic heterocycles. The number of hydrogen-bond donors (Lipinski definition) is 1. The van der Waals surface area contributed by atoms with E-state index < -0.39 is 0 Å². The first-order valence-corrected chi connectivity index (χ1v) is 1.43. The predicted octanol–water partition coefficient (Wildman–Crippen LogP) is -5.58. The summed E-state index contributed by atoms with van der Waals surface area (Å²) in [5, 5.41) is 0. The molecule has 1 N–H and O–H groups in total. The Morgan fingerprint density at radius 1 is 1.43 bits per heavy atom. The van der Waals surface area contributed by atoms with Crippen molar-refractivity contribution in [1.29, 1.82) is 0 Å². The summed E-state index contributed by atoms with van der Waals surface area (Å²) in [6, 6.07) is 0. The molecule has 0 radical (unpaired) electrons. The first kappa shape index (κ1) is 10.6. The zero-order chi connectivity index (χ0) is 3.54. The summed E-state index contributed by atoms with van der Waals surface area (Å²) >= 11 is 0. The Labute approximate surface area is 74.8 Å². The summed E-state index contributed by atoms with van der Waals surface area (Å²) < 4.78 is 0. The third kappa shape index (κ3) is 4.55. The topological polar surface area (TPSA) is 28.7 Å². The second kappa shape index (κ2) is 6.69. The molecule has 0 spiro atoms. The molecule has 0 amide bonds. The van der Waals surface area contributed by atoms with Crippen molar-refractivity contribution in [3.8, 4) is 0 Å². The van der Waals surface area contributed by atoms with Crippen LogP contribution in [0.3, 0.4) is 0 Å². The number of nitrogens with zero attached hydrogens (tertiary/aromatic N) is 1. The van der Waals surface area contributed by atoms with Crippen molar-refractivity contribution in [3.05, 3.63) is 18.7 Å². The van der Waals surface area contributed by atoms with Gasteiger partial charge < -0.3 is 22.0 Å². The number of nitrogens with one attached hydrogen (secondary N) is 1. The van der Waals surface area contributed by atoms with Gasteiger partial charge in [-0.3, -0.25) is 0 Å². The van der Waals surface area contributed by atoms with Gasteiger partial charge in [0.05, 0.1) is 6.33 Å². The minimum atomic E-state index is 0. The molecule has 2 nitrogen and oxygen atoms in total. The van der Waals surface area contributed by atoms with Gasteiger partial charge in [-0.15, -0.1) is 0 Å². The van der Waals surface area contributed by atoms with Crippen LogP contribution in [0.1, 0.15) is 0 Å². The Kier molecular flexibility index (Phi) is 10.2. The van der Waals surface area contributed by atoms with Gasteiger partial charge in [-0.1, -0.05) is 0 Å². The van der Waals surface area contributed by atoms with Crippen LogP contribution in [0.25, 0.3) is 0 Å². The quantitative estimate of drug-likeness (QED) is 0.387. The van der Waals surface area contributed by atoms with Gasteiger partial charge in [0, 0.05) is 12.4 Å². The average Bonchev–Trinajstić information content (AvgIpc) is 1.76. The normalized spacial score (nSPS) is 5.71. The van der Waals surface area contributed by atoms with Crippen molar-refractivity contribution in [2.45, 2.75) is 0 Å². The molecule has 1 heterocycles. The van der Waals surface area contributed by atoms with E-state index in [-0.39, 0.29) is 46.5 Å². The van der Waals surface area contributed by atoms with Crippen LogP contribution in [0.15, 0.2) is 18.7 Å². The average molecular weight is 171 g/mol.